The number of rotatable bonds is 4. The predicted octanol–water partition coefficient (Wildman–Crippen LogP) is 1.30. The maximum absolute atomic E-state index is 6.04. The highest BCUT2D eigenvalue weighted by molar-refractivity contribution is 5.81. The summed E-state index contributed by atoms with van der Waals surface area (Å²) in [5.74, 6) is 1.38. The molecular formula is C16H21N7O. The summed E-state index contributed by atoms with van der Waals surface area (Å²) in [7, 11) is 1.96. The molecule has 1 atom stereocenters. The summed E-state index contributed by atoms with van der Waals surface area (Å²) < 4.78 is 9.97. The van der Waals surface area contributed by atoms with Gasteiger partial charge in [0.05, 0.1) is 11.8 Å². The van der Waals surface area contributed by atoms with Gasteiger partial charge in [-0.3, -0.25) is 4.68 Å². The van der Waals surface area contributed by atoms with E-state index in [2.05, 4.69) is 34.2 Å². The van der Waals surface area contributed by atoms with E-state index in [1.807, 2.05) is 22.5 Å². The average Bonchev–Trinajstić information content (AvgIpc) is 3.29. The number of hydrogen-bond donors (Lipinski definition) is 1. The molecular weight excluding hydrogens is 306 g/mol. The molecule has 0 saturated carbocycles. The third-order valence-corrected chi connectivity index (χ3v) is 4.56. The Hall–Kier alpha value is -2.48. The first-order chi connectivity index (χ1) is 11.7. The van der Waals surface area contributed by atoms with Crippen LogP contribution in [0.3, 0.4) is 0 Å². The summed E-state index contributed by atoms with van der Waals surface area (Å²) in [4.78, 5) is 13.5. The van der Waals surface area contributed by atoms with E-state index in [1.165, 1.54) is 6.33 Å². The number of aromatic nitrogens is 6. The van der Waals surface area contributed by atoms with Gasteiger partial charge in [0.1, 0.15) is 18.3 Å². The maximum atomic E-state index is 6.04. The molecule has 3 aromatic rings. The fourth-order valence-electron chi connectivity index (χ4n) is 3.18. The van der Waals surface area contributed by atoms with Crippen molar-refractivity contribution < 1.29 is 4.74 Å². The molecule has 8 heteroatoms. The van der Waals surface area contributed by atoms with Crippen molar-refractivity contribution in [2.24, 2.45) is 7.05 Å². The van der Waals surface area contributed by atoms with E-state index in [9.17, 15) is 0 Å². The van der Waals surface area contributed by atoms with Gasteiger partial charge in [0.15, 0.2) is 11.2 Å². The van der Waals surface area contributed by atoms with E-state index in [1.54, 1.807) is 0 Å². The van der Waals surface area contributed by atoms with Crippen LogP contribution in [-0.2, 0) is 13.6 Å². The molecule has 0 aromatic carbocycles. The molecule has 0 bridgehead atoms. The molecule has 4 heterocycles. The Labute approximate surface area is 139 Å². The van der Waals surface area contributed by atoms with Crippen LogP contribution in [0.15, 0.2) is 12.5 Å². The van der Waals surface area contributed by atoms with Crippen LogP contribution >= 0.6 is 0 Å². The zero-order chi connectivity index (χ0) is 16.7. The number of nitrogens with one attached hydrogen (secondary N) is 1. The highest BCUT2D eigenvalue weighted by atomic mass is 16.5. The second kappa shape index (κ2) is 5.86. The lowest BCUT2D eigenvalue weighted by Gasteiger charge is -2.10. The van der Waals surface area contributed by atoms with E-state index in [4.69, 9.17) is 9.72 Å². The average molecular weight is 327 g/mol. The van der Waals surface area contributed by atoms with Crippen LogP contribution < -0.4 is 10.1 Å². The highest BCUT2D eigenvalue weighted by Gasteiger charge is 2.22. The number of ether oxygens (including phenoxy) is 1. The fourth-order valence-corrected chi connectivity index (χ4v) is 3.18. The molecule has 0 radical (unpaired) electrons. The lowest BCUT2D eigenvalue weighted by atomic mass is 10.2. The van der Waals surface area contributed by atoms with Crippen molar-refractivity contribution in [2.75, 3.05) is 13.1 Å². The Bertz CT molecular complexity index is 876. The summed E-state index contributed by atoms with van der Waals surface area (Å²) in [5, 5.41) is 7.71. The molecule has 1 aliphatic rings. The van der Waals surface area contributed by atoms with Gasteiger partial charge in [-0.15, -0.1) is 0 Å². The number of hydrogen-bond acceptors (Lipinski definition) is 6. The standard InChI is InChI=1S/C16H21N7O/c1-4-23-10(2)12(8-20-23)14-21-13-15(22(14)3)18-9-19-16(13)24-11-5-6-17-7-11/h8-9,11,17H,4-7H2,1-3H3/t11-/m0/s1. The molecule has 1 aliphatic heterocycles. The van der Waals surface area contributed by atoms with Crippen LogP contribution in [0.4, 0.5) is 0 Å². The second-order valence-electron chi connectivity index (χ2n) is 6.04. The third kappa shape index (κ3) is 2.34. The van der Waals surface area contributed by atoms with E-state index in [0.29, 0.717) is 11.4 Å². The smallest absolute Gasteiger partial charge is 0.245 e. The van der Waals surface area contributed by atoms with Crippen LogP contribution in [0.2, 0.25) is 0 Å². The van der Waals surface area contributed by atoms with Crippen molar-refractivity contribution in [1.29, 1.82) is 0 Å². The normalized spacial score (nSPS) is 17.7. The van der Waals surface area contributed by atoms with Gasteiger partial charge in [0, 0.05) is 25.8 Å². The molecule has 1 fully saturated rings. The molecule has 8 nitrogen and oxygen atoms in total. The van der Waals surface area contributed by atoms with Gasteiger partial charge >= 0.3 is 0 Å². The SMILES string of the molecule is CCn1ncc(-c2nc3c(O[C@H]4CCNC4)ncnc3n2C)c1C. The topological polar surface area (TPSA) is 82.7 Å². The maximum Gasteiger partial charge on any atom is 0.245 e. The minimum atomic E-state index is 0.137. The number of imidazole rings is 1. The zero-order valence-corrected chi connectivity index (χ0v) is 14.2. The Morgan fingerprint density at radius 2 is 2.25 bits per heavy atom. The minimum absolute atomic E-state index is 0.137. The van der Waals surface area contributed by atoms with Crippen molar-refractivity contribution in [1.82, 2.24) is 34.6 Å². The van der Waals surface area contributed by atoms with Crippen molar-refractivity contribution in [3.05, 3.63) is 18.2 Å². The van der Waals surface area contributed by atoms with Crippen LogP contribution in [0.1, 0.15) is 19.0 Å². The van der Waals surface area contributed by atoms with Crippen LogP contribution in [0.5, 0.6) is 5.88 Å². The predicted molar refractivity (Wildman–Crippen MR) is 89.8 cm³/mol. The van der Waals surface area contributed by atoms with Crippen molar-refractivity contribution in [3.63, 3.8) is 0 Å². The lowest BCUT2D eigenvalue weighted by Crippen LogP contribution is -2.20. The first kappa shape index (κ1) is 15.1. The summed E-state index contributed by atoms with van der Waals surface area (Å²) in [6.45, 7) is 6.78. The van der Waals surface area contributed by atoms with Gasteiger partial charge < -0.3 is 14.6 Å². The van der Waals surface area contributed by atoms with Gasteiger partial charge in [0.25, 0.3) is 0 Å². The highest BCUT2D eigenvalue weighted by Crippen LogP contribution is 2.29. The van der Waals surface area contributed by atoms with Gasteiger partial charge in [-0.05, 0) is 26.8 Å². The Kier molecular flexibility index (Phi) is 3.68. The van der Waals surface area contributed by atoms with Crippen LogP contribution in [0.25, 0.3) is 22.6 Å². The van der Waals surface area contributed by atoms with Gasteiger partial charge in [-0.25, -0.2) is 9.97 Å². The molecule has 24 heavy (non-hydrogen) atoms. The second-order valence-corrected chi connectivity index (χ2v) is 6.04. The molecule has 4 rings (SSSR count). The van der Waals surface area contributed by atoms with Crippen LogP contribution in [-0.4, -0.2) is 48.5 Å². The molecule has 126 valence electrons. The summed E-state index contributed by atoms with van der Waals surface area (Å²) in [6, 6.07) is 0. The van der Waals surface area contributed by atoms with Gasteiger partial charge in [-0.1, -0.05) is 0 Å². The van der Waals surface area contributed by atoms with Gasteiger partial charge in [-0.2, -0.15) is 10.1 Å². The van der Waals surface area contributed by atoms with E-state index in [0.717, 1.165) is 48.8 Å². The largest absolute Gasteiger partial charge is 0.471 e. The zero-order valence-electron chi connectivity index (χ0n) is 14.2. The molecule has 3 aromatic heterocycles. The Morgan fingerprint density at radius 1 is 1.38 bits per heavy atom. The monoisotopic (exact) mass is 327 g/mol. The third-order valence-electron chi connectivity index (χ3n) is 4.56. The molecule has 1 N–H and O–H groups in total. The molecule has 1 saturated heterocycles. The van der Waals surface area contributed by atoms with E-state index < -0.39 is 0 Å². The van der Waals surface area contributed by atoms with Crippen molar-refractivity contribution in [3.8, 4) is 17.3 Å². The first-order valence-corrected chi connectivity index (χ1v) is 8.26. The van der Waals surface area contributed by atoms with Crippen molar-refractivity contribution >= 4 is 11.2 Å². The minimum Gasteiger partial charge on any atom is -0.471 e. The lowest BCUT2D eigenvalue weighted by molar-refractivity contribution is 0.216. The number of fused-ring (bicyclic) bond motifs is 1. The number of nitrogens with zero attached hydrogens (tertiary/aromatic N) is 6. The molecule has 0 spiro atoms. The number of aryl methyl sites for hydroxylation is 2. The quantitative estimate of drug-likeness (QED) is 0.778. The Morgan fingerprint density at radius 3 is 2.96 bits per heavy atom. The summed E-state index contributed by atoms with van der Waals surface area (Å²) >= 11 is 0. The molecule has 0 aliphatic carbocycles. The first-order valence-electron chi connectivity index (χ1n) is 8.26. The van der Waals surface area contributed by atoms with E-state index >= 15 is 0 Å². The van der Waals surface area contributed by atoms with Gasteiger partial charge in [0.2, 0.25) is 5.88 Å². The molecule has 0 amide bonds. The van der Waals surface area contributed by atoms with Crippen LogP contribution in [0, 0.1) is 6.92 Å². The van der Waals surface area contributed by atoms with Crippen molar-refractivity contribution in [2.45, 2.75) is 32.9 Å². The summed E-state index contributed by atoms with van der Waals surface area (Å²) in [6.07, 6.45) is 4.51. The fraction of sp³-hybridized carbons (Fsp3) is 0.500. The Balaban J connectivity index is 1.80. The van der Waals surface area contributed by atoms with E-state index in [-0.39, 0.29) is 6.10 Å². The molecule has 0 unspecified atom stereocenters. The summed E-state index contributed by atoms with van der Waals surface area (Å²) in [5.41, 5.74) is 3.56.